The van der Waals surface area contributed by atoms with Gasteiger partial charge in [-0.05, 0) is 37.1 Å². The van der Waals surface area contributed by atoms with Crippen LogP contribution in [-0.2, 0) is 0 Å². The summed E-state index contributed by atoms with van der Waals surface area (Å²) < 4.78 is 0. The normalized spacial score (nSPS) is 10.1. The minimum Gasteiger partial charge on any atom is -0.373 e. The van der Waals surface area contributed by atoms with Gasteiger partial charge in [-0.3, -0.25) is 0 Å². The molecule has 0 atom stereocenters. The van der Waals surface area contributed by atoms with Crippen molar-refractivity contribution in [3.05, 3.63) is 41.7 Å². The van der Waals surface area contributed by atoms with Crippen molar-refractivity contribution < 1.29 is 0 Å². The van der Waals surface area contributed by atoms with Gasteiger partial charge in [-0.2, -0.15) is 0 Å². The molecule has 0 aliphatic heterocycles. The van der Waals surface area contributed by atoms with Crippen LogP contribution in [-0.4, -0.2) is 17.0 Å². The summed E-state index contributed by atoms with van der Waals surface area (Å²) in [5.41, 5.74) is 3.51. The summed E-state index contributed by atoms with van der Waals surface area (Å²) in [6.07, 6.45) is 1.54. The topological polar surface area (TPSA) is 49.8 Å². The monoisotopic (exact) mass is 228 g/mol. The van der Waals surface area contributed by atoms with Crippen molar-refractivity contribution in [2.75, 3.05) is 17.7 Å². The van der Waals surface area contributed by atoms with Crippen LogP contribution in [0.1, 0.15) is 11.1 Å². The number of rotatable bonds is 3. The predicted octanol–water partition coefficient (Wildman–Crippen LogP) is 2.88. The summed E-state index contributed by atoms with van der Waals surface area (Å²) in [5.74, 6) is 1.58. The fourth-order valence-corrected chi connectivity index (χ4v) is 1.76. The number of hydrogen-bond acceptors (Lipinski definition) is 4. The highest BCUT2D eigenvalue weighted by Crippen LogP contribution is 2.18. The van der Waals surface area contributed by atoms with Crippen molar-refractivity contribution in [1.29, 1.82) is 0 Å². The van der Waals surface area contributed by atoms with Gasteiger partial charge in [-0.1, -0.05) is 6.07 Å². The second-order valence-electron chi connectivity index (χ2n) is 4.04. The van der Waals surface area contributed by atoms with E-state index in [2.05, 4.69) is 52.6 Å². The molecule has 0 radical (unpaired) electrons. The zero-order valence-electron chi connectivity index (χ0n) is 10.3. The van der Waals surface area contributed by atoms with Gasteiger partial charge in [-0.15, -0.1) is 0 Å². The molecule has 0 amide bonds. The Labute approximate surface area is 101 Å². The van der Waals surface area contributed by atoms with E-state index in [1.54, 1.807) is 0 Å². The zero-order chi connectivity index (χ0) is 12.3. The van der Waals surface area contributed by atoms with E-state index in [0.29, 0.717) is 0 Å². The van der Waals surface area contributed by atoms with Crippen LogP contribution in [0.25, 0.3) is 0 Å². The van der Waals surface area contributed by atoms with Crippen LogP contribution in [0.5, 0.6) is 0 Å². The Morgan fingerprint density at radius 3 is 2.18 bits per heavy atom. The molecule has 2 N–H and O–H groups in total. The second kappa shape index (κ2) is 4.82. The molecule has 4 nitrogen and oxygen atoms in total. The number of anilines is 3. The third-order valence-corrected chi connectivity index (χ3v) is 2.42. The van der Waals surface area contributed by atoms with Crippen LogP contribution >= 0.6 is 0 Å². The van der Waals surface area contributed by atoms with Gasteiger partial charge in [0, 0.05) is 18.8 Å². The van der Waals surface area contributed by atoms with Gasteiger partial charge >= 0.3 is 0 Å². The first-order chi connectivity index (χ1) is 8.17. The lowest BCUT2D eigenvalue weighted by atomic mass is 10.1. The Morgan fingerprint density at radius 2 is 1.53 bits per heavy atom. The molecule has 88 valence electrons. The molecular weight excluding hydrogens is 212 g/mol. The highest BCUT2D eigenvalue weighted by molar-refractivity contribution is 5.60. The molecule has 0 saturated carbocycles. The van der Waals surface area contributed by atoms with Crippen molar-refractivity contribution in [1.82, 2.24) is 9.97 Å². The van der Waals surface area contributed by atoms with E-state index in [9.17, 15) is 0 Å². The molecular formula is C13H16N4. The first-order valence-corrected chi connectivity index (χ1v) is 5.52. The summed E-state index contributed by atoms with van der Waals surface area (Å²) in [6, 6.07) is 8.20. The van der Waals surface area contributed by atoms with Gasteiger partial charge in [0.1, 0.15) is 18.0 Å². The van der Waals surface area contributed by atoms with Gasteiger partial charge in [0.25, 0.3) is 0 Å². The molecule has 0 bridgehead atoms. The highest BCUT2D eigenvalue weighted by Gasteiger charge is 1.99. The molecule has 0 aliphatic carbocycles. The lowest BCUT2D eigenvalue weighted by molar-refractivity contribution is 1.16. The summed E-state index contributed by atoms with van der Waals surface area (Å²) >= 11 is 0. The van der Waals surface area contributed by atoms with Gasteiger partial charge in [0.05, 0.1) is 0 Å². The lowest BCUT2D eigenvalue weighted by Crippen LogP contribution is -1.98. The van der Waals surface area contributed by atoms with Crippen LogP contribution in [0.3, 0.4) is 0 Å². The molecule has 0 aliphatic rings. The van der Waals surface area contributed by atoms with Gasteiger partial charge in [-0.25, -0.2) is 9.97 Å². The van der Waals surface area contributed by atoms with Crippen LogP contribution < -0.4 is 10.6 Å². The number of aromatic nitrogens is 2. The first-order valence-electron chi connectivity index (χ1n) is 5.52. The van der Waals surface area contributed by atoms with E-state index in [0.717, 1.165) is 17.3 Å². The van der Waals surface area contributed by atoms with Crippen LogP contribution in [0, 0.1) is 13.8 Å². The van der Waals surface area contributed by atoms with Crippen molar-refractivity contribution in [3.63, 3.8) is 0 Å². The Kier molecular flexibility index (Phi) is 3.23. The van der Waals surface area contributed by atoms with Crippen LogP contribution in [0.4, 0.5) is 17.3 Å². The molecule has 0 unspecified atom stereocenters. The average Bonchev–Trinajstić information content (AvgIpc) is 2.28. The highest BCUT2D eigenvalue weighted by atomic mass is 15.1. The van der Waals surface area contributed by atoms with E-state index < -0.39 is 0 Å². The van der Waals surface area contributed by atoms with Gasteiger partial charge in [0.2, 0.25) is 0 Å². The SMILES string of the molecule is CNc1cc(Nc2cc(C)cc(C)c2)ncn1. The van der Waals surface area contributed by atoms with Gasteiger partial charge < -0.3 is 10.6 Å². The van der Waals surface area contributed by atoms with Crippen molar-refractivity contribution in [3.8, 4) is 0 Å². The molecule has 0 fully saturated rings. The Hall–Kier alpha value is -2.10. The summed E-state index contributed by atoms with van der Waals surface area (Å²) in [7, 11) is 1.84. The molecule has 17 heavy (non-hydrogen) atoms. The first kappa shape index (κ1) is 11.4. The molecule has 1 aromatic heterocycles. The fraction of sp³-hybridized carbons (Fsp3) is 0.231. The van der Waals surface area contributed by atoms with Crippen molar-refractivity contribution >= 4 is 17.3 Å². The number of benzene rings is 1. The van der Waals surface area contributed by atoms with E-state index in [1.165, 1.54) is 17.5 Å². The smallest absolute Gasteiger partial charge is 0.135 e. The minimum absolute atomic E-state index is 0.786. The Morgan fingerprint density at radius 1 is 0.882 bits per heavy atom. The quantitative estimate of drug-likeness (QED) is 0.848. The van der Waals surface area contributed by atoms with Crippen LogP contribution in [0.15, 0.2) is 30.6 Å². The number of hydrogen-bond donors (Lipinski definition) is 2. The predicted molar refractivity (Wildman–Crippen MR) is 70.8 cm³/mol. The molecule has 4 heteroatoms. The standard InChI is InChI=1S/C13H16N4/c1-9-4-10(2)6-11(5-9)17-13-7-12(14-3)15-8-16-13/h4-8H,1-3H3,(H2,14,15,16,17). The van der Waals surface area contributed by atoms with Crippen LogP contribution in [0.2, 0.25) is 0 Å². The van der Waals surface area contributed by atoms with E-state index >= 15 is 0 Å². The third kappa shape index (κ3) is 2.93. The summed E-state index contributed by atoms with van der Waals surface area (Å²) in [6.45, 7) is 4.16. The zero-order valence-corrected chi connectivity index (χ0v) is 10.3. The van der Waals surface area contributed by atoms with Crippen molar-refractivity contribution in [2.24, 2.45) is 0 Å². The minimum atomic E-state index is 0.786. The number of nitrogens with one attached hydrogen (secondary N) is 2. The Bertz CT molecular complexity index is 502. The van der Waals surface area contributed by atoms with E-state index in [-0.39, 0.29) is 0 Å². The molecule has 0 saturated heterocycles. The fourth-order valence-electron chi connectivity index (χ4n) is 1.76. The largest absolute Gasteiger partial charge is 0.373 e. The molecule has 1 aromatic carbocycles. The number of nitrogens with zero attached hydrogens (tertiary/aromatic N) is 2. The summed E-state index contributed by atoms with van der Waals surface area (Å²) in [5, 5.41) is 6.25. The molecule has 0 spiro atoms. The maximum Gasteiger partial charge on any atom is 0.135 e. The third-order valence-electron chi connectivity index (χ3n) is 2.42. The van der Waals surface area contributed by atoms with Gasteiger partial charge in [0.15, 0.2) is 0 Å². The molecule has 1 heterocycles. The molecule has 2 aromatic rings. The van der Waals surface area contributed by atoms with E-state index in [1.807, 2.05) is 13.1 Å². The Balaban J connectivity index is 2.24. The second-order valence-corrected chi connectivity index (χ2v) is 4.04. The van der Waals surface area contributed by atoms with E-state index in [4.69, 9.17) is 0 Å². The number of aryl methyl sites for hydroxylation is 2. The summed E-state index contributed by atoms with van der Waals surface area (Å²) in [4.78, 5) is 8.25. The average molecular weight is 228 g/mol. The maximum atomic E-state index is 4.18. The molecule has 2 rings (SSSR count). The lowest BCUT2D eigenvalue weighted by Gasteiger charge is -2.08. The van der Waals surface area contributed by atoms with Crippen molar-refractivity contribution in [2.45, 2.75) is 13.8 Å². The maximum absolute atomic E-state index is 4.18.